The zero-order valence-corrected chi connectivity index (χ0v) is 12.1. The Morgan fingerprint density at radius 3 is 2.47 bits per heavy atom. The summed E-state index contributed by atoms with van der Waals surface area (Å²) in [4.78, 5) is 0. The maximum absolute atomic E-state index is 11.9. The average Bonchev–Trinajstić information content (AvgIpc) is 2.72. The van der Waals surface area contributed by atoms with Gasteiger partial charge in [-0.2, -0.15) is 0 Å². The summed E-state index contributed by atoms with van der Waals surface area (Å²) < 4.78 is 48.9. The monoisotopic (exact) mass is 303 g/mol. The molecule has 0 aromatic heterocycles. The highest BCUT2D eigenvalue weighted by Crippen LogP contribution is 2.18. The molecular formula is C12H17NO4S2. The number of rotatable bonds is 5. The summed E-state index contributed by atoms with van der Waals surface area (Å²) in [5, 5.41) is -0.798. The van der Waals surface area contributed by atoms with Crippen LogP contribution in [0.2, 0.25) is 0 Å². The molecule has 0 saturated carbocycles. The number of benzene rings is 1. The molecule has 106 valence electrons. The average molecular weight is 303 g/mol. The molecule has 1 aromatic carbocycles. The second-order valence-electron chi connectivity index (χ2n) is 4.70. The molecular weight excluding hydrogens is 286 g/mol. The quantitative estimate of drug-likeness (QED) is 0.850. The lowest BCUT2D eigenvalue weighted by atomic mass is 10.2. The second-order valence-corrected chi connectivity index (χ2v) is 8.97. The van der Waals surface area contributed by atoms with E-state index in [-0.39, 0.29) is 17.9 Å². The Hall–Kier alpha value is -0.920. The molecule has 2 rings (SSSR count). The molecule has 1 aliphatic heterocycles. The van der Waals surface area contributed by atoms with Crippen LogP contribution in [0.15, 0.2) is 30.3 Å². The molecule has 0 amide bonds. The molecule has 5 nitrogen and oxygen atoms in total. The van der Waals surface area contributed by atoms with E-state index in [1.165, 1.54) is 0 Å². The van der Waals surface area contributed by atoms with Crippen molar-refractivity contribution in [1.29, 1.82) is 0 Å². The number of hydrogen-bond donors (Lipinski definition) is 1. The molecule has 0 spiro atoms. The maximum Gasteiger partial charge on any atom is 0.215 e. The minimum atomic E-state index is -3.53. The largest absolute Gasteiger partial charge is 0.229 e. The Balaban J connectivity index is 1.89. The predicted octanol–water partition coefficient (Wildman–Crippen LogP) is 0.336. The van der Waals surface area contributed by atoms with E-state index < -0.39 is 25.1 Å². The number of sulfonamides is 1. The third-order valence-corrected chi connectivity index (χ3v) is 7.05. The highest BCUT2D eigenvalue weighted by molar-refractivity contribution is 7.95. The van der Waals surface area contributed by atoms with Gasteiger partial charge in [-0.25, -0.2) is 21.6 Å². The topological polar surface area (TPSA) is 80.3 Å². The van der Waals surface area contributed by atoms with Crippen molar-refractivity contribution >= 4 is 19.9 Å². The zero-order valence-electron chi connectivity index (χ0n) is 10.4. The first-order chi connectivity index (χ1) is 8.89. The van der Waals surface area contributed by atoms with Crippen LogP contribution in [0.3, 0.4) is 0 Å². The van der Waals surface area contributed by atoms with Crippen LogP contribution in [0.5, 0.6) is 0 Å². The third-order valence-electron chi connectivity index (χ3n) is 3.19. The van der Waals surface area contributed by atoms with E-state index in [0.29, 0.717) is 13.0 Å². The van der Waals surface area contributed by atoms with Crippen LogP contribution < -0.4 is 4.72 Å². The van der Waals surface area contributed by atoms with Crippen molar-refractivity contribution in [3.8, 4) is 0 Å². The highest BCUT2D eigenvalue weighted by atomic mass is 32.2. The highest BCUT2D eigenvalue weighted by Gasteiger charge is 2.36. The Morgan fingerprint density at radius 1 is 1.21 bits per heavy atom. The van der Waals surface area contributed by atoms with Gasteiger partial charge in [0, 0.05) is 6.54 Å². The normalized spacial score (nSPS) is 22.4. The summed E-state index contributed by atoms with van der Waals surface area (Å²) in [5.74, 6) is -0.287. The first-order valence-electron chi connectivity index (χ1n) is 6.12. The van der Waals surface area contributed by atoms with Gasteiger partial charge < -0.3 is 0 Å². The SMILES string of the molecule is O=S1(=O)CCC(S(=O)(=O)NCCc2ccccc2)C1. The summed E-state index contributed by atoms with van der Waals surface area (Å²) in [6, 6.07) is 9.54. The number of nitrogens with one attached hydrogen (secondary N) is 1. The number of hydrogen-bond acceptors (Lipinski definition) is 4. The summed E-state index contributed by atoms with van der Waals surface area (Å²) in [5.41, 5.74) is 1.05. The van der Waals surface area contributed by atoms with E-state index in [9.17, 15) is 16.8 Å². The second kappa shape index (κ2) is 5.60. The fraction of sp³-hybridized carbons (Fsp3) is 0.500. The van der Waals surface area contributed by atoms with Gasteiger partial charge in [0.25, 0.3) is 0 Å². The minimum Gasteiger partial charge on any atom is -0.229 e. The lowest BCUT2D eigenvalue weighted by Crippen LogP contribution is -2.36. The molecule has 1 aliphatic rings. The van der Waals surface area contributed by atoms with Gasteiger partial charge in [0.15, 0.2) is 9.84 Å². The number of sulfone groups is 1. The minimum absolute atomic E-state index is 0.0305. The summed E-state index contributed by atoms with van der Waals surface area (Å²) in [6.07, 6.45) is 0.794. The molecule has 0 radical (unpaired) electrons. The van der Waals surface area contributed by atoms with E-state index in [2.05, 4.69) is 4.72 Å². The van der Waals surface area contributed by atoms with Gasteiger partial charge in [0.2, 0.25) is 10.0 Å². The van der Waals surface area contributed by atoms with Gasteiger partial charge >= 0.3 is 0 Å². The van der Waals surface area contributed by atoms with Gasteiger partial charge in [-0.05, 0) is 18.4 Å². The fourth-order valence-corrected chi connectivity index (χ4v) is 6.19. The molecule has 1 atom stereocenters. The standard InChI is InChI=1S/C12H17NO4S2/c14-18(15)9-7-12(10-18)19(16,17)13-8-6-11-4-2-1-3-5-11/h1-5,12-13H,6-10H2. The molecule has 0 aliphatic carbocycles. The lowest BCUT2D eigenvalue weighted by molar-refractivity contribution is 0.568. The Kier molecular flexibility index (Phi) is 4.27. The maximum atomic E-state index is 11.9. The van der Waals surface area contributed by atoms with Gasteiger partial charge in [-0.3, -0.25) is 0 Å². The van der Waals surface area contributed by atoms with Crippen LogP contribution in [-0.2, 0) is 26.3 Å². The Morgan fingerprint density at radius 2 is 1.89 bits per heavy atom. The first kappa shape index (κ1) is 14.5. The molecule has 1 saturated heterocycles. The van der Waals surface area contributed by atoms with Crippen LogP contribution in [0.1, 0.15) is 12.0 Å². The summed E-state index contributed by atoms with van der Waals surface area (Å²) in [6.45, 7) is 0.295. The van der Waals surface area contributed by atoms with Crippen LogP contribution in [0.25, 0.3) is 0 Å². The van der Waals surface area contributed by atoms with Crippen LogP contribution in [0, 0.1) is 0 Å². The van der Waals surface area contributed by atoms with Gasteiger partial charge in [-0.1, -0.05) is 30.3 Å². The van der Waals surface area contributed by atoms with Crippen molar-refractivity contribution < 1.29 is 16.8 Å². The van der Waals surface area contributed by atoms with E-state index in [0.717, 1.165) is 5.56 Å². The van der Waals surface area contributed by atoms with Gasteiger partial charge in [-0.15, -0.1) is 0 Å². The smallest absolute Gasteiger partial charge is 0.215 e. The summed E-state index contributed by atoms with van der Waals surface area (Å²) in [7, 11) is -6.71. The van der Waals surface area contributed by atoms with Crippen molar-refractivity contribution in [2.75, 3.05) is 18.1 Å². The zero-order chi connectivity index (χ0) is 13.9. The van der Waals surface area contributed by atoms with Gasteiger partial charge in [0.1, 0.15) is 0 Å². The van der Waals surface area contributed by atoms with Crippen molar-refractivity contribution in [3.63, 3.8) is 0 Å². The Bertz CT molecular complexity index is 623. The van der Waals surface area contributed by atoms with Crippen molar-refractivity contribution in [3.05, 3.63) is 35.9 Å². The molecule has 0 bridgehead atoms. The van der Waals surface area contributed by atoms with E-state index in [1.807, 2.05) is 30.3 Å². The van der Waals surface area contributed by atoms with Crippen molar-refractivity contribution in [1.82, 2.24) is 4.72 Å². The van der Waals surface area contributed by atoms with Gasteiger partial charge in [0.05, 0.1) is 16.8 Å². The molecule has 1 N–H and O–H groups in total. The lowest BCUT2D eigenvalue weighted by Gasteiger charge is -2.11. The van der Waals surface area contributed by atoms with E-state index in [4.69, 9.17) is 0 Å². The molecule has 1 aromatic rings. The predicted molar refractivity (Wildman–Crippen MR) is 74.1 cm³/mol. The molecule has 1 heterocycles. The third kappa shape index (κ3) is 4.02. The fourth-order valence-electron chi connectivity index (χ4n) is 2.11. The molecule has 19 heavy (non-hydrogen) atoms. The molecule has 7 heteroatoms. The van der Waals surface area contributed by atoms with E-state index in [1.54, 1.807) is 0 Å². The van der Waals surface area contributed by atoms with Crippen LogP contribution in [0.4, 0.5) is 0 Å². The van der Waals surface area contributed by atoms with Crippen LogP contribution in [-0.4, -0.2) is 40.1 Å². The van der Waals surface area contributed by atoms with Crippen LogP contribution >= 0.6 is 0 Å². The first-order valence-corrected chi connectivity index (χ1v) is 9.49. The molecule has 1 unspecified atom stereocenters. The van der Waals surface area contributed by atoms with E-state index >= 15 is 0 Å². The van der Waals surface area contributed by atoms with Crippen molar-refractivity contribution in [2.45, 2.75) is 18.1 Å². The van der Waals surface area contributed by atoms with Crippen molar-refractivity contribution in [2.24, 2.45) is 0 Å². The summed E-state index contributed by atoms with van der Waals surface area (Å²) >= 11 is 0. The Labute approximate surface area is 114 Å². The molecule has 1 fully saturated rings.